The highest BCUT2D eigenvalue weighted by molar-refractivity contribution is 7.99. The summed E-state index contributed by atoms with van der Waals surface area (Å²) < 4.78 is 38.2. The molecule has 1 aromatic heterocycles. The predicted octanol–water partition coefficient (Wildman–Crippen LogP) is 3.97. The van der Waals surface area contributed by atoms with Crippen molar-refractivity contribution in [3.63, 3.8) is 0 Å². The quantitative estimate of drug-likeness (QED) is 0.876. The van der Waals surface area contributed by atoms with Crippen LogP contribution in [0.4, 0.5) is 13.2 Å². The first-order valence-electron chi connectivity index (χ1n) is 7.09. The molecule has 0 saturated heterocycles. The summed E-state index contributed by atoms with van der Waals surface area (Å²) in [6, 6.07) is 8.60. The van der Waals surface area contributed by atoms with Crippen molar-refractivity contribution >= 4 is 17.7 Å². The number of hydrogen-bond acceptors (Lipinski definition) is 3. The second-order valence-electron chi connectivity index (χ2n) is 5.52. The molecule has 0 spiro atoms. The van der Waals surface area contributed by atoms with Crippen molar-refractivity contribution in [2.75, 3.05) is 0 Å². The third-order valence-corrected chi connectivity index (χ3v) is 4.58. The Balaban J connectivity index is 1.70. The van der Waals surface area contributed by atoms with Gasteiger partial charge in [-0.3, -0.25) is 4.79 Å². The van der Waals surface area contributed by atoms with Gasteiger partial charge in [-0.15, -0.1) is 0 Å². The van der Waals surface area contributed by atoms with E-state index in [0.29, 0.717) is 22.6 Å². The molecule has 0 radical (unpaired) electrons. The molecule has 8 heteroatoms. The highest BCUT2D eigenvalue weighted by Crippen LogP contribution is 2.36. The van der Waals surface area contributed by atoms with Gasteiger partial charge in [0.25, 0.3) is 5.91 Å². The van der Waals surface area contributed by atoms with E-state index in [1.807, 2.05) is 0 Å². The molecule has 1 amide bonds. The Morgan fingerprint density at radius 1 is 1.29 bits per heavy atom. The van der Waals surface area contributed by atoms with Crippen LogP contribution in [0, 0.1) is 11.3 Å². The van der Waals surface area contributed by atoms with E-state index < -0.39 is 23.2 Å². The topological polar surface area (TPSA) is 68.7 Å². The number of carbonyl (C=O) groups excluding carboxylic acids is 1. The number of nitrogens with zero attached hydrogens (tertiary/aromatic N) is 1. The van der Waals surface area contributed by atoms with Gasteiger partial charge in [0, 0.05) is 16.0 Å². The molecule has 1 saturated carbocycles. The van der Waals surface area contributed by atoms with Gasteiger partial charge < -0.3 is 10.3 Å². The standard InChI is InChI=1S/C16H12F3N3OS/c17-16(18,19)10-2-1-3-11(6-10)24-12-7-13(21-8-12)14(23)22-15(9-20)4-5-15/h1-3,6-8,21H,4-5H2,(H,22,23). The molecule has 3 rings (SSSR count). The minimum Gasteiger partial charge on any atom is -0.356 e. The number of aromatic nitrogens is 1. The molecule has 4 nitrogen and oxygen atoms in total. The van der Waals surface area contributed by atoms with Crippen molar-refractivity contribution in [1.82, 2.24) is 10.3 Å². The number of nitriles is 1. The number of halogens is 3. The summed E-state index contributed by atoms with van der Waals surface area (Å²) >= 11 is 1.12. The molecule has 0 unspecified atom stereocenters. The molecule has 1 aromatic carbocycles. The average Bonchev–Trinajstić information content (AvgIpc) is 3.15. The minimum absolute atomic E-state index is 0.269. The van der Waals surface area contributed by atoms with E-state index >= 15 is 0 Å². The van der Waals surface area contributed by atoms with Gasteiger partial charge in [0.1, 0.15) is 11.2 Å². The average molecular weight is 351 g/mol. The number of benzene rings is 1. The Bertz CT molecular complexity index is 818. The maximum atomic E-state index is 12.7. The van der Waals surface area contributed by atoms with Crippen LogP contribution in [0.2, 0.25) is 0 Å². The molecule has 0 atom stereocenters. The summed E-state index contributed by atoms with van der Waals surface area (Å²) in [6.07, 6.45) is -1.59. The fourth-order valence-electron chi connectivity index (χ4n) is 2.11. The van der Waals surface area contributed by atoms with Crippen LogP contribution in [-0.4, -0.2) is 16.4 Å². The van der Waals surface area contributed by atoms with Gasteiger partial charge in [-0.2, -0.15) is 18.4 Å². The normalized spacial score (nSPS) is 15.6. The zero-order chi connectivity index (χ0) is 17.4. The number of hydrogen-bond donors (Lipinski definition) is 2. The molecule has 2 aromatic rings. The van der Waals surface area contributed by atoms with Gasteiger partial charge in [-0.05, 0) is 37.1 Å². The van der Waals surface area contributed by atoms with Gasteiger partial charge in [0.05, 0.1) is 11.6 Å². The molecule has 1 aliphatic carbocycles. The maximum Gasteiger partial charge on any atom is 0.416 e. The molecule has 124 valence electrons. The molecular weight excluding hydrogens is 339 g/mol. The molecule has 24 heavy (non-hydrogen) atoms. The Kier molecular flexibility index (Phi) is 4.05. The lowest BCUT2D eigenvalue weighted by atomic mass is 10.2. The largest absolute Gasteiger partial charge is 0.416 e. The predicted molar refractivity (Wildman–Crippen MR) is 81.4 cm³/mol. The highest BCUT2D eigenvalue weighted by atomic mass is 32.2. The second-order valence-corrected chi connectivity index (χ2v) is 6.67. The molecule has 2 N–H and O–H groups in total. The van der Waals surface area contributed by atoms with Crippen LogP contribution in [0.5, 0.6) is 0 Å². The zero-order valence-electron chi connectivity index (χ0n) is 12.3. The fourth-order valence-corrected chi connectivity index (χ4v) is 3.01. The van der Waals surface area contributed by atoms with E-state index in [9.17, 15) is 18.0 Å². The van der Waals surface area contributed by atoms with E-state index in [-0.39, 0.29) is 5.69 Å². The summed E-state index contributed by atoms with van der Waals surface area (Å²) in [5, 5.41) is 11.6. The lowest BCUT2D eigenvalue weighted by molar-refractivity contribution is -0.137. The van der Waals surface area contributed by atoms with Crippen LogP contribution >= 0.6 is 11.8 Å². The van der Waals surface area contributed by atoms with Gasteiger partial charge >= 0.3 is 6.18 Å². The van der Waals surface area contributed by atoms with Crippen LogP contribution in [0.15, 0.2) is 46.3 Å². The van der Waals surface area contributed by atoms with Crippen molar-refractivity contribution in [3.05, 3.63) is 47.8 Å². The Hall–Kier alpha value is -2.40. The van der Waals surface area contributed by atoms with E-state index in [4.69, 9.17) is 5.26 Å². The summed E-state index contributed by atoms with van der Waals surface area (Å²) in [4.78, 5) is 15.9. The number of aromatic amines is 1. The summed E-state index contributed by atoms with van der Waals surface area (Å²) in [5.41, 5.74) is -1.21. The first-order valence-corrected chi connectivity index (χ1v) is 7.90. The van der Waals surface area contributed by atoms with E-state index in [0.717, 1.165) is 23.9 Å². The van der Waals surface area contributed by atoms with Crippen LogP contribution in [0.3, 0.4) is 0 Å². The van der Waals surface area contributed by atoms with Crippen molar-refractivity contribution in [2.24, 2.45) is 0 Å². The Labute approximate surface area is 140 Å². The molecule has 0 bridgehead atoms. The third kappa shape index (κ3) is 3.57. The highest BCUT2D eigenvalue weighted by Gasteiger charge is 2.44. The van der Waals surface area contributed by atoms with Crippen molar-refractivity contribution in [3.8, 4) is 6.07 Å². The Morgan fingerprint density at radius 3 is 2.67 bits per heavy atom. The van der Waals surface area contributed by atoms with Gasteiger partial charge in [-0.25, -0.2) is 0 Å². The van der Waals surface area contributed by atoms with Crippen molar-refractivity contribution in [1.29, 1.82) is 5.26 Å². The van der Waals surface area contributed by atoms with Gasteiger partial charge in [-0.1, -0.05) is 17.8 Å². The van der Waals surface area contributed by atoms with E-state index in [1.54, 1.807) is 18.3 Å². The molecule has 0 aliphatic heterocycles. The molecular formula is C16H12F3N3OS. The monoisotopic (exact) mass is 351 g/mol. The number of nitrogens with one attached hydrogen (secondary N) is 2. The number of rotatable bonds is 4. The smallest absolute Gasteiger partial charge is 0.356 e. The molecule has 1 aliphatic rings. The number of carbonyl (C=O) groups is 1. The van der Waals surface area contributed by atoms with Crippen LogP contribution in [-0.2, 0) is 6.18 Å². The number of amides is 1. The molecule has 1 heterocycles. The van der Waals surface area contributed by atoms with Crippen molar-refractivity contribution in [2.45, 2.75) is 34.3 Å². The Morgan fingerprint density at radius 2 is 2.04 bits per heavy atom. The fraction of sp³-hybridized carbons (Fsp3) is 0.250. The third-order valence-electron chi connectivity index (χ3n) is 3.62. The first-order chi connectivity index (χ1) is 11.3. The van der Waals surface area contributed by atoms with E-state index in [1.165, 1.54) is 6.07 Å². The lowest BCUT2D eigenvalue weighted by Crippen LogP contribution is -2.35. The summed E-state index contributed by atoms with van der Waals surface area (Å²) in [7, 11) is 0. The number of alkyl halides is 3. The second kappa shape index (κ2) is 5.91. The van der Waals surface area contributed by atoms with Crippen LogP contribution < -0.4 is 5.32 Å². The van der Waals surface area contributed by atoms with Crippen LogP contribution in [0.1, 0.15) is 28.9 Å². The minimum atomic E-state index is -4.39. The maximum absolute atomic E-state index is 12.7. The van der Waals surface area contributed by atoms with Gasteiger partial charge in [0.2, 0.25) is 0 Å². The van der Waals surface area contributed by atoms with Crippen LogP contribution in [0.25, 0.3) is 0 Å². The summed E-state index contributed by atoms with van der Waals surface area (Å²) in [5.74, 6) is -0.398. The first kappa shape index (κ1) is 16.5. The van der Waals surface area contributed by atoms with E-state index in [2.05, 4.69) is 16.4 Å². The zero-order valence-corrected chi connectivity index (χ0v) is 13.1. The SMILES string of the molecule is N#CC1(NC(=O)c2cc(Sc3cccc(C(F)(F)F)c3)c[nH]2)CC1. The van der Waals surface area contributed by atoms with Crippen molar-refractivity contribution < 1.29 is 18.0 Å². The molecule has 1 fully saturated rings. The lowest BCUT2D eigenvalue weighted by Gasteiger charge is -2.08. The van der Waals surface area contributed by atoms with Gasteiger partial charge in [0.15, 0.2) is 0 Å². The number of H-pyrrole nitrogens is 1. The summed E-state index contributed by atoms with van der Waals surface area (Å²) in [6.45, 7) is 0.